The van der Waals surface area contributed by atoms with E-state index in [1.54, 1.807) is 48.7 Å². The summed E-state index contributed by atoms with van der Waals surface area (Å²) < 4.78 is 16.2. The van der Waals surface area contributed by atoms with Gasteiger partial charge >= 0.3 is 5.69 Å². The van der Waals surface area contributed by atoms with Crippen molar-refractivity contribution in [2.24, 2.45) is 0 Å². The van der Waals surface area contributed by atoms with Crippen LogP contribution in [0, 0.1) is 6.92 Å². The highest BCUT2D eigenvalue weighted by Gasteiger charge is 2.36. The van der Waals surface area contributed by atoms with E-state index in [1.807, 2.05) is 58.9 Å². The highest BCUT2D eigenvalue weighted by atomic mass is 32.1. The summed E-state index contributed by atoms with van der Waals surface area (Å²) in [6.45, 7) is 12.6. The molecule has 1 N–H and O–H groups in total. The number of amides is 1. The van der Waals surface area contributed by atoms with Crippen molar-refractivity contribution < 1.29 is 14.3 Å². The van der Waals surface area contributed by atoms with Gasteiger partial charge in [-0.3, -0.25) is 14.2 Å². The Balaban J connectivity index is 2.04. The molecule has 4 aromatic rings. The van der Waals surface area contributed by atoms with Gasteiger partial charge in [-0.1, -0.05) is 29.5 Å². The Morgan fingerprint density at radius 3 is 2.42 bits per heavy atom. The standard InChI is InChI=1S/C29H37N5O5S/c1-17(2)31-27(36)29(6,7)34-24(35)23-19(5)25(33-15-11-14-30-33)40-26(23)32(28(34)37)16-22(39-18(3)4)20-12-9-10-13-21(20)38-8/h9-15,17-18,22H,16H2,1-8H3,(H,31,36)/t22-/m0/s1. The fourth-order valence-electron chi connectivity index (χ4n) is 4.78. The number of ether oxygens (including phenoxy) is 2. The van der Waals surface area contributed by atoms with Gasteiger partial charge in [-0.15, -0.1) is 0 Å². The maximum absolute atomic E-state index is 14.3. The summed E-state index contributed by atoms with van der Waals surface area (Å²) in [4.78, 5) is 42.2. The van der Waals surface area contributed by atoms with Crippen LogP contribution >= 0.6 is 11.3 Å². The van der Waals surface area contributed by atoms with Crippen molar-refractivity contribution in [3.8, 4) is 10.8 Å². The molecular weight excluding hydrogens is 530 g/mol. The molecule has 3 heterocycles. The second kappa shape index (κ2) is 11.4. The summed E-state index contributed by atoms with van der Waals surface area (Å²) in [5.41, 5.74) is -1.13. The van der Waals surface area contributed by atoms with Gasteiger partial charge in [0.05, 0.1) is 25.1 Å². The Hall–Kier alpha value is -3.70. The van der Waals surface area contributed by atoms with Gasteiger partial charge in [-0.25, -0.2) is 14.0 Å². The number of nitrogens with zero attached hydrogens (tertiary/aromatic N) is 4. The third kappa shape index (κ3) is 5.35. The zero-order valence-electron chi connectivity index (χ0n) is 24.2. The average molecular weight is 568 g/mol. The van der Waals surface area contributed by atoms with Crippen LogP contribution in [-0.4, -0.2) is 44.1 Å². The first-order chi connectivity index (χ1) is 18.9. The predicted molar refractivity (Wildman–Crippen MR) is 157 cm³/mol. The molecule has 1 atom stereocenters. The van der Waals surface area contributed by atoms with Crippen molar-refractivity contribution in [2.75, 3.05) is 7.11 Å². The first-order valence-electron chi connectivity index (χ1n) is 13.3. The van der Waals surface area contributed by atoms with Crippen molar-refractivity contribution >= 4 is 27.5 Å². The number of nitrogens with one attached hydrogen (secondary N) is 1. The van der Waals surface area contributed by atoms with E-state index in [1.165, 1.54) is 11.3 Å². The number of carbonyl (C=O) groups excluding carboxylic acids is 1. The lowest BCUT2D eigenvalue weighted by Crippen LogP contribution is -2.56. The highest BCUT2D eigenvalue weighted by Crippen LogP contribution is 2.34. The van der Waals surface area contributed by atoms with E-state index in [0.29, 0.717) is 26.5 Å². The molecule has 0 radical (unpaired) electrons. The SMILES string of the molecule is COc1ccccc1[C@H](Cn1c(=O)n(C(C)(C)C(=O)NC(C)C)c(=O)c2c(C)c(-n3cccn3)sc21)OC(C)C. The van der Waals surface area contributed by atoms with Crippen LogP contribution in [-0.2, 0) is 21.6 Å². The molecule has 0 aliphatic heterocycles. The zero-order chi connectivity index (χ0) is 29.4. The smallest absolute Gasteiger partial charge is 0.333 e. The fraction of sp³-hybridized carbons (Fsp3) is 0.448. The van der Waals surface area contributed by atoms with Gasteiger partial charge in [0.2, 0.25) is 5.91 Å². The van der Waals surface area contributed by atoms with Crippen LogP contribution in [0.1, 0.15) is 58.8 Å². The monoisotopic (exact) mass is 567 g/mol. The number of benzene rings is 1. The topological polar surface area (TPSA) is 109 Å². The van der Waals surface area contributed by atoms with E-state index >= 15 is 0 Å². The molecule has 10 nitrogen and oxygen atoms in total. The van der Waals surface area contributed by atoms with Gasteiger partial charge in [0.1, 0.15) is 27.2 Å². The molecule has 0 aliphatic rings. The summed E-state index contributed by atoms with van der Waals surface area (Å²) in [7, 11) is 1.59. The molecule has 3 aromatic heterocycles. The molecule has 4 rings (SSSR count). The van der Waals surface area contributed by atoms with Gasteiger partial charge in [0.25, 0.3) is 5.56 Å². The molecule has 214 valence electrons. The van der Waals surface area contributed by atoms with Crippen LogP contribution in [0.15, 0.2) is 52.3 Å². The molecule has 0 spiro atoms. The molecule has 0 unspecified atom stereocenters. The number of aromatic nitrogens is 4. The summed E-state index contributed by atoms with van der Waals surface area (Å²) in [6, 6.07) is 9.13. The zero-order valence-corrected chi connectivity index (χ0v) is 25.0. The number of para-hydroxylation sites is 1. The molecule has 11 heteroatoms. The number of fused-ring (bicyclic) bond motifs is 1. The number of aryl methyl sites for hydroxylation is 1. The molecule has 0 fully saturated rings. The number of rotatable bonds is 10. The van der Waals surface area contributed by atoms with Crippen molar-refractivity contribution in [3.63, 3.8) is 0 Å². The largest absolute Gasteiger partial charge is 0.496 e. The van der Waals surface area contributed by atoms with Crippen molar-refractivity contribution in [1.29, 1.82) is 0 Å². The average Bonchev–Trinajstić information content (AvgIpc) is 3.53. The number of thiophene rings is 1. The first-order valence-corrected chi connectivity index (χ1v) is 14.1. The normalized spacial score (nSPS) is 12.8. The third-order valence-corrected chi connectivity index (χ3v) is 8.01. The quantitative estimate of drug-likeness (QED) is 0.308. The van der Waals surface area contributed by atoms with Crippen molar-refractivity contribution in [3.05, 3.63) is 74.7 Å². The number of hydrogen-bond acceptors (Lipinski definition) is 7. The first kappa shape index (κ1) is 29.3. The molecule has 1 aromatic carbocycles. The minimum atomic E-state index is -1.46. The van der Waals surface area contributed by atoms with Gasteiger partial charge in [0.15, 0.2) is 0 Å². The van der Waals surface area contributed by atoms with Crippen LogP contribution in [0.25, 0.3) is 15.2 Å². The molecule has 40 heavy (non-hydrogen) atoms. The number of hydrogen-bond donors (Lipinski definition) is 1. The Kier molecular flexibility index (Phi) is 8.36. The van der Waals surface area contributed by atoms with Crippen LogP contribution < -0.4 is 21.3 Å². The van der Waals surface area contributed by atoms with E-state index in [2.05, 4.69) is 10.4 Å². The van der Waals surface area contributed by atoms with Gasteiger partial charge in [-0.05, 0) is 60.6 Å². The molecule has 0 aliphatic carbocycles. The Bertz CT molecular complexity index is 1630. The van der Waals surface area contributed by atoms with E-state index in [4.69, 9.17) is 9.47 Å². The van der Waals surface area contributed by atoms with Gasteiger partial charge < -0.3 is 14.8 Å². The summed E-state index contributed by atoms with van der Waals surface area (Å²) >= 11 is 1.30. The number of carbonyl (C=O) groups is 1. The summed E-state index contributed by atoms with van der Waals surface area (Å²) in [5.74, 6) is 0.203. The third-order valence-electron chi connectivity index (χ3n) is 6.70. The maximum Gasteiger partial charge on any atom is 0.333 e. The summed E-state index contributed by atoms with van der Waals surface area (Å²) in [5, 5.41) is 8.29. The van der Waals surface area contributed by atoms with E-state index in [0.717, 1.165) is 10.1 Å². The van der Waals surface area contributed by atoms with E-state index < -0.39 is 28.8 Å². The fourth-order valence-corrected chi connectivity index (χ4v) is 6.02. The maximum atomic E-state index is 14.3. The molecule has 0 saturated carbocycles. The lowest BCUT2D eigenvalue weighted by Gasteiger charge is -2.29. The van der Waals surface area contributed by atoms with Crippen LogP contribution in [0.4, 0.5) is 0 Å². The van der Waals surface area contributed by atoms with Crippen molar-refractivity contribution in [2.45, 2.75) is 78.8 Å². The summed E-state index contributed by atoms with van der Waals surface area (Å²) in [6.07, 6.45) is 2.71. The minimum Gasteiger partial charge on any atom is -0.496 e. The van der Waals surface area contributed by atoms with Crippen LogP contribution in [0.5, 0.6) is 5.75 Å². The highest BCUT2D eigenvalue weighted by molar-refractivity contribution is 7.21. The van der Waals surface area contributed by atoms with E-state index in [9.17, 15) is 14.4 Å². The Morgan fingerprint density at radius 2 is 1.82 bits per heavy atom. The van der Waals surface area contributed by atoms with Crippen molar-refractivity contribution in [1.82, 2.24) is 24.2 Å². The van der Waals surface area contributed by atoms with Crippen LogP contribution in [0.3, 0.4) is 0 Å². The lowest BCUT2D eigenvalue weighted by molar-refractivity contribution is -0.129. The molecule has 0 bridgehead atoms. The minimum absolute atomic E-state index is 0.0918. The molecular formula is C29H37N5O5S. The van der Waals surface area contributed by atoms with E-state index in [-0.39, 0.29) is 18.7 Å². The second-order valence-corrected chi connectivity index (χ2v) is 11.8. The predicted octanol–water partition coefficient (Wildman–Crippen LogP) is 4.15. The van der Waals surface area contributed by atoms with Gasteiger partial charge in [-0.2, -0.15) is 5.10 Å². The lowest BCUT2D eigenvalue weighted by atomic mass is 10.0. The van der Waals surface area contributed by atoms with Gasteiger partial charge in [0, 0.05) is 29.6 Å². The Morgan fingerprint density at radius 1 is 1.12 bits per heavy atom. The molecule has 0 saturated heterocycles. The molecule has 1 amide bonds. The number of methoxy groups -OCH3 is 1. The Labute approximate surface area is 237 Å². The van der Waals surface area contributed by atoms with Crippen LogP contribution in [0.2, 0.25) is 0 Å². The second-order valence-electron chi connectivity index (χ2n) is 10.8.